The third-order valence-corrected chi connectivity index (χ3v) is 3.02. The van der Waals surface area contributed by atoms with Gasteiger partial charge in [0.1, 0.15) is 0 Å². The Morgan fingerprint density at radius 3 is 2.58 bits per heavy atom. The second-order valence-electron chi connectivity index (χ2n) is 3.89. The van der Waals surface area contributed by atoms with Gasteiger partial charge in [-0.15, -0.1) is 0 Å². The summed E-state index contributed by atoms with van der Waals surface area (Å²) in [6.07, 6.45) is 3.31. The number of ether oxygens (including phenoxy) is 2. The van der Waals surface area contributed by atoms with Crippen LogP contribution < -0.4 is 0 Å². The Labute approximate surface area is 75.2 Å². The lowest BCUT2D eigenvalue weighted by atomic mass is 9.83. The maximum Gasteiger partial charge on any atom is 0.0724 e. The van der Waals surface area contributed by atoms with E-state index >= 15 is 0 Å². The summed E-state index contributed by atoms with van der Waals surface area (Å²) in [6.45, 7) is 6.22. The number of hydrogen-bond donors (Lipinski definition) is 0. The number of rotatable bonds is 2. The van der Waals surface area contributed by atoms with Crippen LogP contribution in [0.2, 0.25) is 0 Å². The molecule has 0 bridgehead atoms. The lowest BCUT2D eigenvalue weighted by Crippen LogP contribution is -2.37. The van der Waals surface area contributed by atoms with Crippen molar-refractivity contribution in [1.82, 2.24) is 0 Å². The van der Waals surface area contributed by atoms with Gasteiger partial charge in [-0.05, 0) is 25.2 Å². The van der Waals surface area contributed by atoms with Gasteiger partial charge in [-0.2, -0.15) is 0 Å². The van der Waals surface area contributed by atoms with E-state index in [0.717, 1.165) is 32.5 Å². The van der Waals surface area contributed by atoms with Gasteiger partial charge in [-0.25, -0.2) is 0 Å². The molecule has 0 spiro atoms. The van der Waals surface area contributed by atoms with Crippen molar-refractivity contribution in [2.45, 2.75) is 38.7 Å². The normalized spacial score (nSPS) is 32.0. The molecule has 1 unspecified atom stereocenters. The van der Waals surface area contributed by atoms with Crippen molar-refractivity contribution in [3.05, 3.63) is 0 Å². The molecule has 0 aromatic rings. The molecule has 0 aliphatic carbocycles. The molecular formula is C10H20O2. The first-order valence-corrected chi connectivity index (χ1v) is 4.84. The van der Waals surface area contributed by atoms with Crippen LogP contribution in [-0.2, 0) is 9.47 Å². The van der Waals surface area contributed by atoms with Crippen LogP contribution in [0.25, 0.3) is 0 Å². The van der Waals surface area contributed by atoms with Gasteiger partial charge in [0.05, 0.1) is 5.60 Å². The fraction of sp³-hybridized carbons (Fsp3) is 1.00. The van der Waals surface area contributed by atoms with E-state index in [2.05, 4.69) is 13.8 Å². The molecule has 12 heavy (non-hydrogen) atoms. The molecule has 1 rings (SSSR count). The average molecular weight is 172 g/mol. The van der Waals surface area contributed by atoms with Gasteiger partial charge in [0.25, 0.3) is 0 Å². The third kappa shape index (κ3) is 1.99. The van der Waals surface area contributed by atoms with Gasteiger partial charge in [-0.1, -0.05) is 13.8 Å². The topological polar surface area (TPSA) is 18.5 Å². The van der Waals surface area contributed by atoms with Crippen molar-refractivity contribution in [2.75, 3.05) is 20.3 Å². The summed E-state index contributed by atoms with van der Waals surface area (Å²) in [5.41, 5.74) is 0.0799. The quantitative estimate of drug-likeness (QED) is 0.636. The zero-order chi connectivity index (χ0) is 9.03. The summed E-state index contributed by atoms with van der Waals surface area (Å²) in [6, 6.07) is 0. The predicted molar refractivity (Wildman–Crippen MR) is 49.2 cm³/mol. The van der Waals surface area contributed by atoms with Gasteiger partial charge in [0, 0.05) is 20.3 Å². The van der Waals surface area contributed by atoms with E-state index in [1.807, 2.05) is 7.11 Å². The van der Waals surface area contributed by atoms with Crippen LogP contribution in [0.1, 0.15) is 33.1 Å². The lowest BCUT2D eigenvalue weighted by molar-refractivity contribution is -0.0614. The number of methoxy groups -OCH3 is 1. The van der Waals surface area contributed by atoms with E-state index in [4.69, 9.17) is 9.47 Å². The van der Waals surface area contributed by atoms with Crippen molar-refractivity contribution in [1.29, 1.82) is 0 Å². The summed E-state index contributed by atoms with van der Waals surface area (Å²) in [4.78, 5) is 0. The largest absolute Gasteiger partial charge is 0.381 e. The zero-order valence-electron chi connectivity index (χ0n) is 8.43. The standard InChI is InChI=1S/C10H20O2/c1-9(2)10(11-3)5-4-7-12-8-6-10/h9H,4-8H2,1-3H3. The highest BCUT2D eigenvalue weighted by atomic mass is 16.5. The van der Waals surface area contributed by atoms with Crippen molar-refractivity contribution < 1.29 is 9.47 Å². The fourth-order valence-corrected chi connectivity index (χ4v) is 1.96. The summed E-state index contributed by atoms with van der Waals surface area (Å²) >= 11 is 0. The molecule has 0 radical (unpaired) electrons. The molecule has 2 heteroatoms. The van der Waals surface area contributed by atoms with E-state index in [-0.39, 0.29) is 5.60 Å². The highest BCUT2D eigenvalue weighted by molar-refractivity contribution is 4.85. The minimum Gasteiger partial charge on any atom is -0.381 e. The average Bonchev–Trinajstić information content (AvgIpc) is 2.29. The SMILES string of the molecule is COC1(C(C)C)CCCOCC1. The van der Waals surface area contributed by atoms with Crippen LogP contribution in [0.15, 0.2) is 0 Å². The Bertz CT molecular complexity index is 124. The van der Waals surface area contributed by atoms with Gasteiger partial charge in [0.15, 0.2) is 0 Å². The van der Waals surface area contributed by atoms with Crippen molar-refractivity contribution in [2.24, 2.45) is 5.92 Å². The Morgan fingerprint density at radius 1 is 1.25 bits per heavy atom. The summed E-state index contributed by atoms with van der Waals surface area (Å²) < 4.78 is 11.1. The molecule has 1 aliphatic heterocycles. The number of hydrogen-bond acceptors (Lipinski definition) is 2. The van der Waals surface area contributed by atoms with E-state index in [1.165, 1.54) is 0 Å². The molecule has 72 valence electrons. The third-order valence-electron chi connectivity index (χ3n) is 3.02. The first-order chi connectivity index (χ1) is 5.71. The van der Waals surface area contributed by atoms with Crippen molar-refractivity contribution in [3.8, 4) is 0 Å². The van der Waals surface area contributed by atoms with E-state index in [9.17, 15) is 0 Å². The minimum absolute atomic E-state index is 0.0799. The first kappa shape index (κ1) is 10.0. The molecule has 0 aromatic heterocycles. The van der Waals surface area contributed by atoms with Gasteiger partial charge in [-0.3, -0.25) is 0 Å². The molecule has 1 heterocycles. The van der Waals surface area contributed by atoms with Crippen molar-refractivity contribution >= 4 is 0 Å². The smallest absolute Gasteiger partial charge is 0.0724 e. The molecule has 1 fully saturated rings. The maximum absolute atomic E-state index is 5.64. The Morgan fingerprint density at radius 2 is 2.00 bits per heavy atom. The van der Waals surface area contributed by atoms with Gasteiger partial charge >= 0.3 is 0 Å². The Kier molecular flexibility index (Phi) is 3.53. The second kappa shape index (κ2) is 4.24. The highest BCUT2D eigenvalue weighted by Crippen LogP contribution is 2.32. The highest BCUT2D eigenvalue weighted by Gasteiger charge is 2.34. The molecule has 0 aromatic carbocycles. The second-order valence-corrected chi connectivity index (χ2v) is 3.89. The molecule has 0 saturated carbocycles. The summed E-state index contributed by atoms with van der Waals surface area (Å²) in [5, 5.41) is 0. The van der Waals surface area contributed by atoms with Gasteiger partial charge in [0.2, 0.25) is 0 Å². The molecule has 2 nitrogen and oxygen atoms in total. The van der Waals surface area contributed by atoms with Crippen LogP contribution in [0.4, 0.5) is 0 Å². The van der Waals surface area contributed by atoms with E-state index in [1.54, 1.807) is 0 Å². The summed E-state index contributed by atoms with van der Waals surface area (Å²) in [5.74, 6) is 0.587. The Balaban J connectivity index is 2.61. The molecule has 1 aliphatic rings. The van der Waals surface area contributed by atoms with Gasteiger partial charge < -0.3 is 9.47 Å². The van der Waals surface area contributed by atoms with E-state index in [0.29, 0.717) is 5.92 Å². The van der Waals surface area contributed by atoms with Crippen LogP contribution in [-0.4, -0.2) is 25.9 Å². The molecular weight excluding hydrogens is 152 g/mol. The molecule has 0 N–H and O–H groups in total. The first-order valence-electron chi connectivity index (χ1n) is 4.84. The maximum atomic E-state index is 5.64. The fourth-order valence-electron chi connectivity index (χ4n) is 1.96. The lowest BCUT2D eigenvalue weighted by Gasteiger charge is -2.34. The Hall–Kier alpha value is -0.0800. The molecule has 1 atom stereocenters. The van der Waals surface area contributed by atoms with Crippen LogP contribution in [0.3, 0.4) is 0 Å². The summed E-state index contributed by atoms with van der Waals surface area (Å²) in [7, 11) is 1.82. The minimum atomic E-state index is 0.0799. The molecule has 1 saturated heterocycles. The zero-order valence-corrected chi connectivity index (χ0v) is 8.43. The van der Waals surface area contributed by atoms with Crippen LogP contribution in [0.5, 0.6) is 0 Å². The van der Waals surface area contributed by atoms with Crippen LogP contribution in [0, 0.1) is 5.92 Å². The molecule has 0 amide bonds. The van der Waals surface area contributed by atoms with E-state index < -0.39 is 0 Å². The predicted octanol–water partition coefficient (Wildman–Crippen LogP) is 2.23. The monoisotopic (exact) mass is 172 g/mol. The van der Waals surface area contributed by atoms with Crippen LogP contribution >= 0.6 is 0 Å². The van der Waals surface area contributed by atoms with Crippen molar-refractivity contribution in [3.63, 3.8) is 0 Å².